The number of hydrogen-bond acceptors (Lipinski definition) is 1. The van der Waals surface area contributed by atoms with Crippen LogP contribution in [0.1, 0.15) is 32.3 Å². The van der Waals surface area contributed by atoms with Crippen molar-refractivity contribution in [3.63, 3.8) is 0 Å². The van der Waals surface area contributed by atoms with Crippen LogP contribution in [0.5, 0.6) is 0 Å². The van der Waals surface area contributed by atoms with Crippen LogP contribution in [-0.2, 0) is 11.3 Å². The molecule has 0 aromatic heterocycles. The van der Waals surface area contributed by atoms with Gasteiger partial charge in [0.25, 0.3) is 0 Å². The van der Waals surface area contributed by atoms with Gasteiger partial charge in [-0.3, -0.25) is 0 Å². The molecule has 0 radical (unpaired) electrons. The lowest BCUT2D eigenvalue weighted by molar-refractivity contribution is 0.0848. The van der Waals surface area contributed by atoms with Crippen molar-refractivity contribution in [2.24, 2.45) is 11.8 Å². The topological polar surface area (TPSA) is 9.23 Å². The molecular weight excluding hydrogens is 232 g/mol. The zero-order chi connectivity index (χ0) is 12.5. The van der Waals surface area contributed by atoms with Gasteiger partial charge >= 0.3 is 0 Å². The van der Waals surface area contributed by atoms with Crippen LogP contribution in [0.25, 0.3) is 0 Å². The predicted octanol–water partition coefficient (Wildman–Crippen LogP) is 4.49. The molecule has 0 fully saturated rings. The smallest absolute Gasteiger partial charge is 0.0717 e. The largest absolute Gasteiger partial charge is 0.376 e. The van der Waals surface area contributed by atoms with Gasteiger partial charge in [0.05, 0.1) is 6.61 Å². The standard InChI is InChI=1S/C15H23ClO/c1-3-14(10-16)9-13(2)11-17-12-15-7-5-4-6-8-15/h4-8,13-14H,3,9-12H2,1-2H3. The molecule has 1 nitrogen and oxygen atoms in total. The van der Waals surface area contributed by atoms with Gasteiger partial charge in [0.2, 0.25) is 0 Å². The van der Waals surface area contributed by atoms with Gasteiger partial charge in [-0.25, -0.2) is 0 Å². The zero-order valence-corrected chi connectivity index (χ0v) is 11.6. The molecule has 2 atom stereocenters. The Labute approximate surface area is 110 Å². The molecule has 0 bridgehead atoms. The summed E-state index contributed by atoms with van der Waals surface area (Å²) in [5.41, 5.74) is 1.24. The van der Waals surface area contributed by atoms with E-state index >= 15 is 0 Å². The molecule has 0 N–H and O–H groups in total. The van der Waals surface area contributed by atoms with Crippen molar-refractivity contribution in [3.8, 4) is 0 Å². The molecule has 0 spiro atoms. The Kier molecular flexibility index (Phi) is 7.30. The molecule has 1 rings (SSSR count). The Morgan fingerprint density at radius 2 is 1.94 bits per heavy atom. The molecule has 1 aromatic carbocycles. The first-order valence-corrected chi connectivity index (χ1v) is 6.97. The Morgan fingerprint density at radius 3 is 2.53 bits per heavy atom. The number of ether oxygens (including phenoxy) is 1. The van der Waals surface area contributed by atoms with E-state index in [1.807, 2.05) is 18.2 Å². The van der Waals surface area contributed by atoms with E-state index in [1.165, 1.54) is 5.56 Å². The minimum Gasteiger partial charge on any atom is -0.376 e. The second-order valence-corrected chi connectivity index (χ2v) is 5.08. The van der Waals surface area contributed by atoms with Crippen molar-refractivity contribution in [2.45, 2.75) is 33.3 Å². The fraction of sp³-hybridized carbons (Fsp3) is 0.600. The maximum Gasteiger partial charge on any atom is 0.0717 e. The first-order chi connectivity index (χ1) is 8.26. The van der Waals surface area contributed by atoms with Crippen LogP contribution in [0.15, 0.2) is 30.3 Å². The third kappa shape index (κ3) is 6.09. The van der Waals surface area contributed by atoms with Gasteiger partial charge in [-0.1, -0.05) is 50.6 Å². The van der Waals surface area contributed by atoms with Gasteiger partial charge in [0.15, 0.2) is 0 Å². The molecular formula is C15H23ClO. The Morgan fingerprint density at radius 1 is 1.24 bits per heavy atom. The SMILES string of the molecule is CCC(CCl)CC(C)COCc1ccccc1. The maximum atomic E-state index is 5.90. The van der Waals surface area contributed by atoms with E-state index in [2.05, 4.69) is 26.0 Å². The van der Waals surface area contributed by atoms with E-state index in [0.29, 0.717) is 18.4 Å². The van der Waals surface area contributed by atoms with E-state index in [-0.39, 0.29) is 0 Å². The molecule has 2 heteroatoms. The van der Waals surface area contributed by atoms with Gasteiger partial charge < -0.3 is 4.74 Å². The lowest BCUT2D eigenvalue weighted by Crippen LogP contribution is -2.12. The van der Waals surface area contributed by atoms with Crippen LogP contribution in [0.4, 0.5) is 0 Å². The summed E-state index contributed by atoms with van der Waals surface area (Å²) in [5, 5.41) is 0. The third-order valence-corrected chi connectivity index (χ3v) is 3.48. The van der Waals surface area contributed by atoms with Crippen molar-refractivity contribution in [1.82, 2.24) is 0 Å². The summed E-state index contributed by atoms with van der Waals surface area (Å²) in [7, 11) is 0. The minimum atomic E-state index is 0.586. The van der Waals surface area contributed by atoms with E-state index in [4.69, 9.17) is 16.3 Å². The minimum absolute atomic E-state index is 0.586. The molecule has 0 aliphatic carbocycles. The quantitative estimate of drug-likeness (QED) is 0.621. The number of benzene rings is 1. The molecule has 0 saturated heterocycles. The van der Waals surface area contributed by atoms with Crippen LogP contribution < -0.4 is 0 Å². The molecule has 1 aromatic rings. The molecule has 96 valence electrons. The van der Waals surface area contributed by atoms with Crippen molar-refractivity contribution in [3.05, 3.63) is 35.9 Å². The Bertz CT molecular complexity index is 282. The molecule has 0 aliphatic rings. The number of hydrogen-bond donors (Lipinski definition) is 0. The van der Waals surface area contributed by atoms with Crippen LogP contribution in [0.3, 0.4) is 0 Å². The second kappa shape index (κ2) is 8.54. The number of halogens is 1. The van der Waals surface area contributed by atoms with Gasteiger partial charge in [0.1, 0.15) is 0 Å². The summed E-state index contributed by atoms with van der Waals surface area (Å²) in [6.07, 6.45) is 2.32. The molecule has 0 heterocycles. The predicted molar refractivity (Wildman–Crippen MR) is 74.4 cm³/mol. The van der Waals surface area contributed by atoms with Crippen molar-refractivity contribution < 1.29 is 4.74 Å². The Balaban J connectivity index is 2.18. The summed E-state index contributed by atoms with van der Waals surface area (Å²) in [5.74, 6) is 1.98. The summed E-state index contributed by atoms with van der Waals surface area (Å²) >= 11 is 5.90. The van der Waals surface area contributed by atoms with E-state index in [1.54, 1.807) is 0 Å². The lowest BCUT2D eigenvalue weighted by Gasteiger charge is -2.17. The molecule has 2 unspecified atom stereocenters. The van der Waals surface area contributed by atoms with Crippen molar-refractivity contribution >= 4 is 11.6 Å². The van der Waals surface area contributed by atoms with E-state index < -0.39 is 0 Å². The molecule has 0 amide bonds. The van der Waals surface area contributed by atoms with Gasteiger partial charge in [-0.05, 0) is 23.8 Å². The van der Waals surface area contributed by atoms with E-state index in [0.717, 1.165) is 25.3 Å². The third-order valence-electron chi connectivity index (χ3n) is 3.05. The highest BCUT2D eigenvalue weighted by molar-refractivity contribution is 6.18. The van der Waals surface area contributed by atoms with E-state index in [9.17, 15) is 0 Å². The van der Waals surface area contributed by atoms with Crippen molar-refractivity contribution in [2.75, 3.05) is 12.5 Å². The number of rotatable bonds is 8. The molecule has 0 saturated carbocycles. The summed E-state index contributed by atoms with van der Waals surface area (Å²) < 4.78 is 5.73. The molecule has 17 heavy (non-hydrogen) atoms. The Hall–Kier alpha value is -0.530. The van der Waals surface area contributed by atoms with Crippen LogP contribution in [0, 0.1) is 11.8 Å². The van der Waals surface area contributed by atoms with Crippen LogP contribution >= 0.6 is 11.6 Å². The average Bonchev–Trinajstić information content (AvgIpc) is 2.37. The average molecular weight is 255 g/mol. The highest BCUT2D eigenvalue weighted by Crippen LogP contribution is 2.17. The molecule has 0 aliphatic heterocycles. The van der Waals surface area contributed by atoms with Crippen molar-refractivity contribution in [1.29, 1.82) is 0 Å². The normalized spacial score (nSPS) is 14.5. The maximum absolute atomic E-state index is 5.90. The summed E-state index contributed by atoms with van der Waals surface area (Å²) in [6.45, 7) is 5.97. The fourth-order valence-electron chi connectivity index (χ4n) is 1.93. The monoisotopic (exact) mass is 254 g/mol. The first-order valence-electron chi connectivity index (χ1n) is 6.43. The van der Waals surface area contributed by atoms with Gasteiger partial charge in [-0.15, -0.1) is 11.6 Å². The van der Waals surface area contributed by atoms with Gasteiger partial charge in [-0.2, -0.15) is 0 Å². The van der Waals surface area contributed by atoms with Crippen LogP contribution in [-0.4, -0.2) is 12.5 Å². The lowest BCUT2D eigenvalue weighted by atomic mass is 9.96. The van der Waals surface area contributed by atoms with Crippen LogP contribution in [0.2, 0.25) is 0 Å². The summed E-state index contributed by atoms with van der Waals surface area (Å²) in [4.78, 5) is 0. The van der Waals surface area contributed by atoms with Gasteiger partial charge in [0, 0.05) is 12.5 Å². The highest BCUT2D eigenvalue weighted by atomic mass is 35.5. The highest BCUT2D eigenvalue weighted by Gasteiger charge is 2.10. The zero-order valence-electron chi connectivity index (χ0n) is 10.9. The second-order valence-electron chi connectivity index (χ2n) is 4.77. The first kappa shape index (κ1) is 14.5. The summed E-state index contributed by atoms with van der Waals surface area (Å²) in [6, 6.07) is 10.3. The fourth-order valence-corrected chi connectivity index (χ4v) is 2.27. The number of alkyl halides is 1.